The van der Waals surface area contributed by atoms with Crippen LogP contribution in [-0.2, 0) is 0 Å². The lowest BCUT2D eigenvalue weighted by molar-refractivity contribution is 0.243. The van der Waals surface area contributed by atoms with Crippen LogP contribution in [0.25, 0.3) is 0 Å². The number of carbonyl (C=O) groups is 1. The number of hydrogen-bond donors (Lipinski definition) is 1. The summed E-state index contributed by atoms with van der Waals surface area (Å²) in [4.78, 5) is 22.3. The summed E-state index contributed by atoms with van der Waals surface area (Å²) in [6, 6.07) is 8.46. The number of hydrogen-bond acceptors (Lipinski definition) is 5. The molecular weight excluding hydrogens is 341 g/mol. The van der Waals surface area contributed by atoms with Crippen molar-refractivity contribution < 1.29 is 9.18 Å². The number of benzene rings is 1. The van der Waals surface area contributed by atoms with Crippen LogP contribution in [0.5, 0.6) is 0 Å². The minimum absolute atomic E-state index is 0.130. The van der Waals surface area contributed by atoms with Gasteiger partial charge in [-0.05, 0) is 36.8 Å². The number of carbonyl (C=O) groups excluding carboxylic acids is 1. The maximum Gasteiger partial charge on any atom is 0.342 e. The maximum atomic E-state index is 13.4. The third-order valence-electron chi connectivity index (χ3n) is 4.87. The molecule has 0 aliphatic carbocycles. The van der Waals surface area contributed by atoms with E-state index < -0.39 is 0 Å². The summed E-state index contributed by atoms with van der Waals surface area (Å²) in [6.07, 6.45) is 2.65. The molecular formula is C17H16FN5OS. The van der Waals surface area contributed by atoms with E-state index in [0.717, 1.165) is 35.8 Å². The van der Waals surface area contributed by atoms with Gasteiger partial charge in [-0.1, -0.05) is 0 Å². The predicted molar refractivity (Wildman–Crippen MR) is 95.5 cm³/mol. The highest BCUT2D eigenvalue weighted by molar-refractivity contribution is 7.99. The molecule has 1 fully saturated rings. The fourth-order valence-corrected chi connectivity index (χ4v) is 4.71. The lowest BCUT2D eigenvalue weighted by Crippen LogP contribution is -2.54. The summed E-state index contributed by atoms with van der Waals surface area (Å²) < 4.78 is 13.4. The molecule has 6 nitrogen and oxygen atoms in total. The fourth-order valence-electron chi connectivity index (χ4n) is 3.72. The molecule has 2 aromatic rings. The standard InChI is InChI=1S/C17H16FN5OS/c18-11-3-4-13-15(8-11)25-10-22(13)20-17(24)23-12-5-7-21(9-12)14-2-1-6-19-16(14)23/h1-4,6,8,12H,5,7,9-10H2,(H,20,24)/t12-/m0/s1. The van der Waals surface area contributed by atoms with E-state index in [-0.39, 0.29) is 17.9 Å². The smallest absolute Gasteiger partial charge is 0.342 e. The van der Waals surface area contributed by atoms with Crippen molar-refractivity contribution in [2.45, 2.75) is 17.4 Å². The average Bonchev–Trinajstić information content (AvgIpc) is 3.20. The highest BCUT2D eigenvalue weighted by atomic mass is 32.2. The molecule has 128 valence electrons. The molecule has 3 aliphatic rings. The predicted octanol–water partition coefficient (Wildman–Crippen LogP) is 2.81. The van der Waals surface area contributed by atoms with E-state index in [1.807, 2.05) is 12.1 Å². The van der Waals surface area contributed by atoms with Crippen molar-refractivity contribution >= 4 is 35.0 Å². The Balaban J connectivity index is 1.43. The van der Waals surface area contributed by atoms with Gasteiger partial charge in [0.05, 0.1) is 23.3 Å². The van der Waals surface area contributed by atoms with Crippen molar-refractivity contribution in [1.82, 2.24) is 10.4 Å². The molecule has 5 rings (SSSR count). The number of halogens is 1. The maximum absolute atomic E-state index is 13.4. The summed E-state index contributed by atoms with van der Waals surface area (Å²) in [5.74, 6) is 1.00. The van der Waals surface area contributed by atoms with E-state index in [9.17, 15) is 9.18 Å². The number of nitrogens with zero attached hydrogens (tertiary/aromatic N) is 4. The number of amides is 2. The van der Waals surface area contributed by atoms with Crippen LogP contribution in [0.15, 0.2) is 41.4 Å². The van der Waals surface area contributed by atoms with Crippen LogP contribution < -0.4 is 20.2 Å². The van der Waals surface area contributed by atoms with E-state index in [0.29, 0.717) is 11.7 Å². The van der Waals surface area contributed by atoms with E-state index in [1.165, 1.54) is 23.9 Å². The van der Waals surface area contributed by atoms with Gasteiger partial charge in [0, 0.05) is 24.2 Å². The lowest BCUT2D eigenvalue weighted by Gasteiger charge is -2.36. The molecule has 0 unspecified atom stereocenters. The van der Waals surface area contributed by atoms with Gasteiger partial charge in [0.1, 0.15) is 5.82 Å². The van der Waals surface area contributed by atoms with Crippen molar-refractivity contribution in [3.05, 3.63) is 42.3 Å². The molecule has 8 heteroatoms. The number of aromatic nitrogens is 1. The molecule has 4 heterocycles. The van der Waals surface area contributed by atoms with Crippen LogP contribution in [0.3, 0.4) is 0 Å². The Morgan fingerprint density at radius 2 is 2.24 bits per heavy atom. The van der Waals surface area contributed by atoms with Gasteiger partial charge in [0.15, 0.2) is 5.82 Å². The molecule has 0 spiro atoms. The van der Waals surface area contributed by atoms with Gasteiger partial charge < -0.3 is 4.90 Å². The number of fused-ring (bicyclic) bond motifs is 5. The zero-order chi connectivity index (χ0) is 17.0. The molecule has 1 saturated heterocycles. The number of anilines is 3. The summed E-state index contributed by atoms with van der Waals surface area (Å²) >= 11 is 1.51. The summed E-state index contributed by atoms with van der Waals surface area (Å²) in [7, 11) is 0. The molecule has 2 bridgehead atoms. The Kier molecular flexibility index (Phi) is 3.27. The molecule has 1 N–H and O–H groups in total. The fraction of sp³-hybridized carbons (Fsp3) is 0.294. The van der Waals surface area contributed by atoms with Crippen molar-refractivity contribution in [2.75, 3.05) is 33.8 Å². The van der Waals surface area contributed by atoms with Gasteiger partial charge in [0.2, 0.25) is 0 Å². The van der Waals surface area contributed by atoms with Crippen molar-refractivity contribution in [3.8, 4) is 0 Å². The van der Waals surface area contributed by atoms with E-state index >= 15 is 0 Å². The second-order valence-electron chi connectivity index (χ2n) is 6.34. The summed E-state index contributed by atoms with van der Waals surface area (Å²) in [5.41, 5.74) is 4.80. The molecule has 3 aliphatic heterocycles. The zero-order valence-corrected chi connectivity index (χ0v) is 14.2. The third-order valence-corrected chi connectivity index (χ3v) is 5.90. The Hall–Kier alpha value is -2.48. The van der Waals surface area contributed by atoms with Crippen molar-refractivity contribution in [2.24, 2.45) is 0 Å². The molecule has 1 atom stereocenters. The number of rotatable bonds is 1. The summed E-state index contributed by atoms with van der Waals surface area (Å²) in [5, 5.41) is 1.77. The largest absolute Gasteiger partial charge is 0.366 e. The topological polar surface area (TPSA) is 51.7 Å². The average molecular weight is 357 g/mol. The quantitative estimate of drug-likeness (QED) is 0.851. The monoisotopic (exact) mass is 357 g/mol. The normalized spacial score (nSPS) is 20.5. The van der Waals surface area contributed by atoms with E-state index in [1.54, 1.807) is 22.2 Å². The van der Waals surface area contributed by atoms with Crippen molar-refractivity contribution in [1.29, 1.82) is 0 Å². The van der Waals surface area contributed by atoms with Crippen molar-refractivity contribution in [3.63, 3.8) is 0 Å². The van der Waals surface area contributed by atoms with Gasteiger partial charge in [-0.3, -0.25) is 9.91 Å². The van der Waals surface area contributed by atoms with Gasteiger partial charge in [-0.2, -0.15) is 0 Å². The SMILES string of the molecule is O=C(NN1CSc2cc(F)ccc21)N1c2ncccc2N2CC[C@H]1C2. The first-order valence-corrected chi connectivity index (χ1v) is 9.19. The number of thioether (sulfide) groups is 1. The number of hydrazine groups is 1. The number of pyridine rings is 1. The third kappa shape index (κ3) is 2.31. The molecule has 0 saturated carbocycles. The van der Waals surface area contributed by atoms with Gasteiger partial charge in [-0.25, -0.2) is 19.6 Å². The van der Waals surface area contributed by atoms with Crippen LogP contribution in [0.1, 0.15) is 6.42 Å². The van der Waals surface area contributed by atoms with Gasteiger partial charge in [0.25, 0.3) is 0 Å². The molecule has 2 amide bonds. The highest BCUT2D eigenvalue weighted by Crippen LogP contribution is 2.40. The Labute approximate surface area is 148 Å². The van der Waals surface area contributed by atoms with Crippen LogP contribution in [0.4, 0.5) is 26.4 Å². The minimum Gasteiger partial charge on any atom is -0.366 e. The summed E-state index contributed by atoms with van der Waals surface area (Å²) in [6.45, 7) is 1.78. The molecule has 25 heavy (non-hydrogen) atoms. The van der Waals surface area contributed by atoms with E-state index in [4.69, 9.17) is 0 Å². The first-order valence-electron chi connectivity index (χ1n) is 8.20. The second kappa shape index (κ2) is 5.52. The zero-order valence-electron chi connectivity index (χ0n) is 13.4. The van der Waals surface area contributed by atoms with Crippen LogP contribution in [0, 0.1) is 5.82 Å². The molecule has 1 aromatic heterocycles. The minimum atomic E-state index is -0.264. The second-order valence-corrected chi connectivity index (χ2v) is 7.32. The number of urea groups is 1. The molecule has 1 aromatic carbocycles. The Bertz CT molecular complexity index is 863. The van der Waals surface area contributed by atoms with Crippen LogP contribution in [0.2, 0.25) is 0 Å². The van der Waals surface area contributed by atoms with Gasteiger partial charge >= 0.3 is 6.03 Å². The number of nitrogens with one attached hydrogen (secondary N) is 1. The Morgan fingerprint density at radius 3 is 3.16 bits per heavy atom. The first kappa shape index (κ1) is 14.8. The lowest BCUT2D eigenvalue weighted by atomic mass is 10.2. The Morgan fingerprint density at radius 1 is 1.32 bits per heavy atom. The van der Waals surface area contributed by atoms with Crippen LogP contribution in [-0.4, -0.2) is 36.0 Å². The highest BCUT2D eigenvalue weighted by Gasteiger charge is 2.40. The van der Waals surface area contributed by atoms with Gasteiger partial charge in [-0.15, -0.1) is 11.8 Å². The van der Waals surface area contributed by atoms with Crippen LogP contribution >= 0.6 is 11.8 Å². The van der Waals surface area contributed by atoms with E-state index in [2.05, 4.69) is 15.3 Å². The first-order chi connectivity index (χ1) is 12.2. The molecule has 0 radical (unpaired) electrons.